The lowest BCUT2D eigenvalue weighted by atomic mass is 10.0. The molecule has 2 aliphatic heterocycles. The summed E-state index contributed by atoms with van der Waals surface area (Å²) in [6.07, 6.45) is -0.430. The highest BCUT2D eigenvalue weighted by Gasteiger charge is 2.51. The molecule has 0 aliphatic carbocycles. The monoisotopic (exact) mass is 346 g/mol. The number of hydrogen-bond acceptors (Lipinski definition) is 5. The molecule has 2 N–H and O–H groups in total. The maximum atomic E-state index is 6.43. The van der Waals surface area contributed by atoms with E-state index >= 15 is 0 Å². The van der Waals surface area contributed by atoms with E-state index < -0.39 is 12.0 Å². The summed E-state index contributed by atoms with van der Waals surface area (Å²) in [5.74, 6) is 2.40. The van der Waals surface area contributed by atoms with Crippen LogP contribution in [0.15, 0.2) is 72.8 Å². The number of hydrogen-bond donors (Lipinski definition) is 2. The normalized spacial score (nSPS) is 22.3. The summed E-state index contributed by atoms with van der Waals surface area (Å²) < 4.78 is 17.9. The predicted molar refractivity (Wildman–Crippen MR) is 99.8 cm³/mol. The SMILES string of the molecule is COc1ccc(C2(C3Nc4ccccc4O3)Nc3ccccc3O2)cc1. The summed E-state index contributed by atoms with van der Waals surface area (Å²) in [6, 6.07) is 23.6. The van der Waals surface area contributed by atoms with Crippen LogP contribution in [0, 0.1) is 0 Å². The number of nitrogens with one attached hydrogen (secondary N) is 2. The van der Waals surface area contributed by atoms with Gasteiger partial charge in [-0.2, -0.15) is 0 Å². The fraction of sp³-hybridized carbons (Fsp3) is 0.143. The zero-order valence-corrected chi connectivity index (χ0v) is 14.2. The summed E-state index contributed by atoms with van der Waals surface area (Å²) >= 11 is 0. The van der Waals surface area contributed by atoms with Crippen molar-refractivity contribution >= 4 is 11.4 Å². The van der Waals surface area contributed by atoms with Crippen LogP contribution in [0.4, 0.5) is 11.4 Å². The lowest BCUT2D eigenvalue weighted by Crippen LogP contribution is -2.53. The van der Waals surface area contributed by atoms with Crippen molar-refractivity contribution in [2.75, 3.05) is 17.7 Å². The van der Waals surface area contributed by atoms with Crippen LogP contribution >= 0.6 is 0 Å². The first-order valence-electron chi connectivity index (χ1n) is 8.51. The fourth-order valence-corrected chi connectivity index (χ4v) is 3.47. The molecule has 0 saturated carbocycles. The van der Waals surface area contributed by atoms with E-state index in [1.807, 2.05) is 72.8 Å². The number of para-hydroxylation sites is 4. The van der Waals surface area contributed by atoms with Crippen molar-refractivity contribution in [3.8, 4) is 17.2 Å². The molecule has 2 atom stereocenters. The summed E-state index contributed by atoms with van der Waals surface area (Å²) in [6.45, 7) is 0. The van der Waals surface area contributed by atoms with E-state index in [1.54, 1.807) is 7.11 Å². The molecule has 0 aromatic heterocycles. The summed E-state index contributed by atoms with van der Waals surface area (Å²) in [4.78, 5) is 0. The van der Waals surface area contributed by atoms with Crippen molar-refractivity contribution in [1.29, 1.82) is 0 Å². The third kappa shape index (κ3) is 2.17. The van der Waals surface area contributed by atoms with Crippen molar-refractivity contribution in [3.63, 3.8) is 0 Å². The minimum absolute atomic E-state index is 0.430. The zero-order chi connectivity index (χ0) is 17.6. The molecule has 0 amide bonds. The molecule has 5 heteroatoms. The first-order valence-corrected chi connectivity index (χ1v) is 8.51. The molecule has 3 aromatic rings. The van der Waals surface area contributed by atoms with E-state index in [9.17, 15) is 0 Å². The Bertz CT molecular complexity index is 905. The molecule has 26 heavy (non-hydrogen) atoms. The highest BCUT2D eigenvalue weighted by Crippen LogP contribution is 2.47. The molecular formula is C21H18N2O3. The summed E-state index contributed by atoms with van der Waals surface area (Å²) in [5.41, 5.74) is 1.94. The second-order valence-electron chi connectivity index (χ2n) is 6.33. The van der Waals surface area contributed by atoms with Gasteiger partial charge in [-0.25, -0.2) is 0 Å². The molecular weight excluding hydrogens is 328 g/mol. The lowest BCUT2D eigenvalue weighted by molar-refractivity contribution is 0.0111. The number of ether oxygens (including phenoxy) is 3. The molecule has 0 spiro atoms. The van der Waals surface area contributed by atoms with Crippen LogP contribution < -0.4 is 24.8 Å². The van der Waals surface area contributed by atoms with Crippen LogP contribution in [-0.4, -0.2) is 13.3 Å². The molecule has 130 valence electrons. The van der Waals surface area contributed by atoms with Gasteiger partial charge in [0.15, 0.2) is 0 Å². The Morgan fingerprint density at radius 2 is 1.54 bits per heavy atom. The molecule has 0 fully saturated rings. The Balaban J connectivity index is 1.58. The molecule has 0 radical (unpaired) electrons. The Morgan fingerprint density at radius 1 is 0.846 bits per heavy atom. The van der Waals surface area contributed by atoms with Crippen LogP contribution in [0.5, 0.6) is 17.2 Å². The van der Waals surface area contributed by atoms with Crippen LogP contribution in [0.2, 0.25) is 0 Å². The lowest BCUT2D eigenvalue weighted by Gasteiger charge is -2.34. The fourth-order valence-electron chi connectivity index (χ4n) is 3.47. The molecule has 2 unspecified atom stereocenters. The number of rotatable bonds is 3. The van der Waals surface area contributed by atoms with Crippen molar-refractivity contribution in [2.24, 2.45) is 0 Å². The number of benzene rings is 3. The molecule has 0 bridgehead atoms. The molecule has 0 saturated heterocycles. The van der Waals surface area contributed by atoms with Crippen molar-refractivity contribution < 1.29 is 14.2 Å². The van der Waals surface area contributed by atoms with Gasteiger partial charge < -0.3 is 24.8 Å². The van der Waals surface area contributed by atoms with Gasteiger partial charge in [-0.1, -0.05) is 24.3 Å². The minimum Gasteiger partial charge on any atom is -0.497 e. The second-order valence-corrected chi connectivity index (χ2v) is 6.33. The topological polar surface area (TPSA) is 51.8 Å². The Hall–Kier alpha value is -3.34. The van der Waals surface area contributed by atoms with Crippen LogP contribution in [0.25, 0.3) is 0 Å². The second kappa shape index (κ2) is 5.59. The van der Waals surface area contributed by atoms with E-state index in [-0.39, 0.29) is 0 Å². The third-order valence-corrected chi connectivity index (χ3v) is 4.78. The Kier molecular flexibility index (Phi) is 3.22. The van der Waals surface area contributed by atoms with Crippen LogP contribution in [0.1, 0.15) is 5.56 Å². The summed E-state index contributed by atoms with van der Waals surface area (Å²) in [7, 11) is 1.66. The smallest absolute Gasteiger partial charge is 0.263 e. The zero-order valence-electron chi connectivity index (χ0n) is 14.2. The maximum Gasteiger partial charge on any atom is 0.263 e. The van der Waals surface area contributed by atoms with Gasteiger partial charge in [0.2, 0.25) is 6.23 Å². The van der Waals surface area contributed by atoms with E-state index in [1.165, 1.54) is 0 Å². The highest BCUT2D eigenvalue weighted by atomic mass is 16.6. The van der Waals surface area contributed by atoms with Gasteiger partial charge in [-0.3, -0.25) is 0 Å². The Labute approximate surface area is 151 Å². The number of fused-ring (bicyclic) bond motifs is 2. The van der Waals surface area contributed by atoms with Gasteiger partial charge in [0, 0.05) is 5.56 Å². The molecule has 5 nitrogen and oxygen atoms in total. The standard InChI is InChI=1S/C21H18N2O3/c1-24-15-12-10-14(11-13-15)21(23-17-7-3-5-9-19(17)26-21)20-22-16-6-2-4-8-18(16)25-20/h2-13,20,22-23H,1H3. The number of anilines is 2. The largest absolute Gasteiger partial charge is 0.497 e. The van der Waals surface area contributed by atoms with Gasteiger partial charge in [0.05, 0.1) is 18.5 Å². The Morgan fingerprint density at radius 3 is 2.23 bits per heavy atom. The maximum absolute atomic E-state index is 6.43. The quantitative estimate of drug-likeness (QED) is 0.745. The van der Waals surface area contributed by atoms with Gasteiger partial charge in [-0.15, -0.1) is 0 Å². The van der Waals surface area contributed by atoms with E-state index in [0.717, 1.165) is 34.2 Å². The van der Waals surface area contributed by atoms with E-state index in [4.69, 9.17) is 14.2 Å². The van der Waals surface area contributed by atoms with Gasteiger partial charge in [0.1, 0.15) is 17.2 Å². The molecule has 5 rings (SSSR count). The average Bonchev–Trinajstić information content (AvgIpc) is 3.30. The minimum atomic E-state index is -0.894. The van der Waals surface area contributed by atoms with Gasteiger partial charge in [0.25, 0.3) is 5.72 Å². The first kappa shape index (κ1) is 15.0. The molecule has 2 aliphatic rings. The van der Waals surface area contributed by atoms with E-state index in [0.29, 0.717) is 0 Å². The third-order valence-electron chi connectivity index (χ3n) is 4.78. The molecule has 2 heterocycles. The van der Waals surface area contributed by atoms with Crippen molar-refractivity contribution in [3.05, 3.63) is 78.4 Å². The predicted octanol–water partition coefficient (Wildman–Crippen LogP) is 4.18. The van der Waals surface area contributed by atoms with Crippen LogP contribution in [-0.2, 0) is 5.72 Å². The van der Waals surface area contributed by atoms with E-state index in [2.05, 4.69) is 10.6 Å². The molecule has 3 aromatic carbocycles. The first-order chi connectivity index (χ1) is 12.8. The van der Waals surface area contributed by atoms with Gasteiger partial charge >= 0.3 is 0 Å². The average molecular weight is 346 g/mol. The summed E-state index contributed by atoms with van der Waals surface area (Å²) in [5, 5.41) is 6.97. The highest BCUT2D eigenvalue weighted by molar-refractivity contribution is 5.66. The van der Waals surface area contributed by atoms with Crippen molar-refractivity contribution in [2.45, 2.75) is 12.0 Å². The van der Waals surface area contributed by atoms with Crippen LogP contribution in [0.3, 0.4) is 0 Å². The number of methoxy groups -OCH3 is 1. The van der Waals surface area contributed by atoms with Gasteiger partial charge in [-0.05, 0) is 48.5 Å². The van der Waals surface area contributed by atoms with Crippen molar-refractivity contribution in [1.82, 2.24) is 0 Å².